The minimum absolute atomic E-state index is 0.167. The molecule has 0 amide bonds. The summed E-state index contributed by atoms with van der Waals surface area (Å²) in [6.45, 7) is 6.65. The monoisotopic (exact) mass is 238 g/mol. The minimum Gasteiger partial charge on any atom is -0.118 e. The molecule has 1 atom stereocenters. The lowest BCUT2D eigenvalue weighted by atomic mass is 10.00. The number of hydrogen-bond donors (Lipinski definition) is 0. The van der Waals surface area contributed by atoms with Gasteiger partial charge in [0, 0.05) is 0 Å². The zero-order chi connectivity index (χ0) is 12.0. The van der Waals surface area contributed by atoms with Crippen LogP contribution in [0.4, 0.5) is 0 Å². The molecule has 0 N–H and O–H groups in total. The maximum atomic E-state index is 6.36. The maximum Gasteiger partial charge on any atom is 0.0587 e. The minimum atomic E-state index is 0.167. The van der Waals surface area contributed by atoms with E-state index < -0.39 is 0 Å². The second kappa shape index (κ2) is 6.96. The Hall–Kier alpha value is -0.490. The van der Waals surface area contributed by atoms with Crippen molar-refractivity contribution in [2.24, 2.45) is 5.92 Å². The van der Waals surface area contributed by atoms with E-state index in [1.54, 1.807) is 0 Å². The van der Waals surface area contributed by atoms with Crippen molar-refractivity contribution in [2.45, 2.75) is 51.8 Å². The maximum absolute atomic E-state index is 6.36. The quantitative estimate of drug-likeness (QED) is 0.586. The van der Waals surface area contributed by atoms with Crippen LogP contribution in [0.5, 0.6) is 0 Å². The van der Waals surface area contributed by atoms with Gasteiger partial charge >= 0.3 is 0 Å². The number of benzene rings is 1. The molecular formula is C15H23Cl. The van der Waals surface area contributed by atoms with Crippen molar-refractivity contribution in [3.05, 3.63) is 35.4 Å². The van der Waals surface area contributed by atoms with E-state index in [-0.39, 0.29) is 5.38 Å². The van der Waals surface area contributed by atoms with E-state index in [1.165, 1.54) is 30.4 Å². The first-order valence-corrected chi connectivity index (χ1v) is 6.80. The van der Waals surface area contributed by atoms with Gasteiger partial charge in [-0.1, -0.05) is 51.5 Å². The molecule has 0 saturated carbocycles. The van der Waals surface area contributed by atoms with Crippen LogP contribution >= 0.6 is 11.6 Å². The Morgan fingerprint density at radius 3 is 2.25 bits per heavy atom. The lowest BCUT2D eigenvalue weighted by molar-refractivity contribution is 0.575. The number of hydrogen-bond acceptors (Lipinski definition) is 0. The predicted octanol–water partition coefficient (Wildman–Crippen LogP) is 5.36. The number of rotatable bonds is 6. The second-order valence-electron chi connectivity index (χ2n) is 4.94. The van der Waals surface area contributed by atoms with Crippen molar-refractivity contribution in [3.63, 3.8) is 0 Å². The van der Waals surface area contributed by atoms with E-state index in [4.69, 9.17) is 11.6 Å². The molecule has 0 aliphatic rings. The molecule has 90 valence electrons. The van der Waals surface area contributed by atoms with Crippen molar-refractivity contribution in [1.82, 2.24) is 0 Å². The number of aryl methyl sites for hydroxylation is 1. The van der Waals surface area contributed by atoms with Gasteiger partial charge in [-0.2, -0.15) is 0 Å². The highest BCUT2D eigenvalue weighted by Gasteiger charge is 2.09. The van der Waals surface area contributed by atoms with Gasteiger partial charge in [0.15, 0.2) is 0 Å². The van der Waals surface area contributed by atoms with Crippen molar-refractivity contribution in [2.75, 3.05) is 0 Å². The van der Waals surface area contributed by atoms with Crippen molar-refractivity contribution in [3.8, 4) is 0 Å². The lowest BCUT2D eigenvalue weighted by Crippen LogP contribution is -1.96. The first kappa shape index (κ1) is 13.6. The highest BCUT2D eigenvalue weighted by Crippen LogP contribution is 2.27. The van der Waals surface area contributed by atoms with Gasteiger partial charge in [0.25, 0.3) is 0 Å². The summed E-state index contributed by atoms with van der Waals surface area (Å²) in [5, 5.41) is 0.167. The first-order chi connectivity index (χ1) is 7.63. The molecule has 0 aliphatic carbocycles. The zero-order valence-electron chi connectivity index (χ0n) is 10.7. The number of alkyl halides is 1. The molecule has 1 aromatic rings. The molecule has 0 aromatic heterocycles. The Kier molecular flexibility index (Phi) is 5.90. The van der Waals surface area contributed by atoms with E-state index in [2.05, 4.69) is 45.0 Å². The molecule has 0 bridgehead atoms. The molecule has 16 heavy (non-hydrogen) atoms. The van der Waals surface area contributed by atoms with E-state index in [1.807, 2.05) is 0 Å². The topological polar surface area (TPSA) is 0 Å². The summed E-state index contributed by atoms with van der Waals surface area (Å²) in [6, 6.07) is 8.82. The highest BCUT2D eigenvalue weighted by atomic mass is 35.5. The van der Waals surface area contributed by atoms with Crippen LogP contribution in [0.1, 0.15) is 56.5 Å². The fourth-order valence-corrected chi connectivity index (χ4v) is 2.33. The number of unbranched alkanes of at least 4 members (excludes halogenated alkanes) is 1. The van der Waals surface area contributed by atoms with Gasteiger partial charge in [-0.05, 0) is 36.3 Å². The molecular weight excluding hydrogens is 216 g/mol. The first-order valence-electron chi connectivity index (χ1n) is 6.36. The molecule has 1 aromatic carbocycles. The lowest BCUT2D eigenvalue weighted by Gasteiger charge is -2.12. The normalized spacial score (nSPS) is 13.1. The summed E-state index contributed by atoms with van der Waals surface area (Å²) < 4.78 is 0. The fraction of sp³-hybridized carbons (Fsp3) is 0.600. The average molecular weight is 239 g/mol. The highest BCUT2D eigenvalue weighted by molar-refractivity contribution is 6.20. The number of halogens is 1. The smallest absolute Gasteiger partial charge is 0.0587 e. The van der Waals surface area contributed by atoms with Crippen LogP contribution in [0.15, 0.2) is 24.3 Å². The van der Waals surface area contributed by atoms with Crippen LogP contribution in [0.25, 0.3) is 0 Å². The Labute approximate surface area is 105 Å². The summed E-state index contributed by atoms with van der Waals surface area (Å²) >= 11 is 6.36. The third-order valence-corrected chi connectivity index (χ3v) is 3.27. The van der Waals surface area contributed by atoms with Crippen LogP contribution < -0.4 is 0 Å². The van der Waals surface area contributed by atoms with Gasteiger partial charge in [-0.3, -0.25) is 0 Å². The zero-order valence-corrected chi connectivity index (χ0v) is 11.4. The summed E-state index contributed by atoms with van der Waals surface area (Å²) in [4.78, 5) is 0. The van der Waals surface area contributed by atoms with Crippen molar-refractivity contribution >= 4 is 11.6 Å². The van der Waals surface area contributed by atoms with Gasteiger partial charge in [-0.25, -0.2) is 0 Å². The van der Waals surface area contributed by atoms with Gasteiger partial charge in [0.05, 0.1) is 5.38 Å². The molecule has 1 heteroatoms. The third kappa shape index (κ3) is 4.57. The Bertz CT molecular complexity index is 287. The Morgan fingerprint density at radius 1 is 1.12 bits per heavy atom. The standard InChI is InChI=1S/C15H23Cl/c1-4-5-6-13-7-9-14(10-8-13)15(16)11-12(2)3/h7-10,12,15H,4-6,11H2,1-3H3. The summed E-state index contributed by atoms with van der Waals surface area (Å²) in [7, 11) is 0. The van der Waals surface area contributed by atoms with Crippen LogP contribution in [-0.2, 0) is 6.42 Å². The molecule has 1 rings (SSSR count). The Morgan fingerprint density at radius 2 is 1.75 bits per heavy atom. The predicted molar refractivity (Wildman–Crippen MR) is 73.1 cm³/mol. The van der Waals surface area contributed by atoms with E-state index >= 15 is 0 Å². The molecule has 0 aliphatic heterocycles. The van der Waals surface area contributed by atoms with Gasteiger partial charge in [-0.15, -0.1) is 11.6 Å². The van der Waals surface area contributed by atoms with Crippen LogP contribution in [0.3, 0.4) is 0 Å². The van der Waals surface area contributed by atoms with E-state index in [0.29, 0.717) is 5.92 Å². The summed E-state index contributed by atoms with van der Waals surface area (Å²) in [5.41, 5.74) is 2.69. The summed E-state index contributed by atoms with van der Waals surface area (Å²) in [5.74, 6) is 0.655. The molecule has 0 fully saturated rings. The summed E-state index contributed by atoms with van der Waals surface area (Å²) in [6.07, 6.45) is 4.77. The van der Waals surface area contributed by atoms with Crippen LogP contribution in [0.2, 0.25) is 0 Å². The van der Waals surface area contributed by atoms with Gasteiger partial charge < -0.3 is 0 Å². The van der Waals surface area contributed by atoms with Gasteiger partial charge in [0.1, 0.15) is 0 Å². The fourth-order valence-electron chi connectivity index (χ4n) is 1.82. The molecule has 0 heterocycles. The average Bonchev–Trinajstić information content (AvgIpc) is 2.26. The largest absolute Gasteiger partial charge is 0.118 e. The third-order valence-electron chi connectivity index (χ3n) is 2.84. The molecule has 0 saturated heterocycles. The van der Waals surface area contributed by atoms with Crippen LogP contribution in [-0.4, -0.2) is 0 Å². The SMILES string of the molecule is CCCCc1ccc(C(Cl)CC(C)C)cc1. The Balaban J connectivity index is 2.56. The van der Waals surface area contributed by atoms with E-state index in [9.17, 15) is 0 Å². The second-order valence-corrected chi connectivity index (χ2v) is 5.47. The van der Waals surface area contributed by atoms with Gasteiger partial charge in [0.2, 0.25) is 0 Å². The molecule has 0 spiro atoms. The molecule has 0 radical (unpaired) electrons. The van der Waals surface area contributed by atoms with Crippen LogP contribution in [0, 0.1) is 5.92 Å². The molecule has 1 unspecified atom stereocenters. The van der Waals surface area contributed by atoms with Crippen molar-refractivity contribution < 1.29 is 0 Å². The molecule has 0 nitrogen and oxygen atoms in total. The van der Waals surface area contributed by atoms with E-state index in [0.717, 1.165) is 6.42 Å². The van der Waals surface area contributed by atoms with Crippen molar-refractivity contribution in [1.29, 1.82) is 0 Å².